The Morgan fingerprint density at radius 3 is 2.48 bits per heavy atom. The van der Waals surface area contributed by atoms with Gasteiger partial charge in [0.2, 0.25) is 0 Å². The Labute approximate surface area is 199 Å². The summed E-state index contributed by atoms with van der Waals surface area (Å²) in [4.78, 5) is 6.38. The van der Waals surface area contributed by atoms with E-state index in [0.29, 0.717) is 43.6 Å². The van der Waals surface area contributed by atoms with Crippen molar-refractivity contribution in [2.24, 2.45) is 4.99 Å². The van der Waals surface area contributed by atoms with Crippen LogP contribution in [-0.4, -0.2) is 45.9 Å². The second-order valence-electron chi connectivity index (χ2n) is 7.03. The summed E-state index contributed by atoms with van der Waals surface area (Å²) in [5.74, 6) is 0.908. The largest absolute Gasteiger partial charge is 0.493 e. The Kier molecular flexibility index (Phi) is 9.60. The molecule has 0 bridgehead atoms. The molecule has 0 aliphatic carbocycles. The van der Waals surface area contributed by atoms with Crippen molar-refractivity contribution >= 4 is 35.6 Å². The lowest BCUT2D eigenvalue weighted by Gasteiger charge is -2.21. The third-order valence-corrected chi connectivity index (χ3v) is 4.99. The Morgan fingerprint density at radius 1 is 1.13 bits per heavy atom. The number of para-hydroxylation sites is 1. The van der Waals surface area contributed by atoms with Crippen molar-refractivity contribution < 1.29 is 18.3 Å². The highest BCUT2D eigenvalue weighted by atomic mass is 127. The van der Waals surface area contributed by atoms with E-state index in [0.717, 1.165) is 12.0 Å². The molecule has 1 atom stereocenters. The van der Waals surface area contributed by atoms with Crippen molar-refractivity contribution in [3.63, 3.8) is 0 Å². The van der Waals surface area contributed by atoms with E-state index in [4.69, 9.17) is 9.47 Å². The third kappa shape index (κ3) is 6.34. The molecule has 1 aliphatic heterocycles. The van der Waals surface area contributed by atoms with Crippen molar-refractivity contribution in [1.29, 1.82) is 0 Å². The Morgan fingerprint density at radius 2 is 1.84 bits per heavy atom. The smallest absolute Gasteiger partial charge is 0.191 e. The lowest BCUT2D eigenvalue weighted by molar-refractivity contribution is 0.354. The summed E-state index contributed by atoms with van der Waals surface area (Å²) in [6, 6.07) is 9.66. The molecule has 2 aromatic rings. The normalized spacial score (nSPS) is 16.0. The molecule has 0 spiro atoms. The van der Waals surface area contributed by atoms with Gasteiger partial charge in [-0.05, 0) is 43.2 Å². The molecule has 9 heteroatoms. The molecule has 1 fully saturated rings. The van der Waals surface area contributed by atoms with Gasteiger partial charge in [-0.3, -0.25) is 0 Å². The van der Waals surface area contributed by atoms with Crippen molar-refractivity contribution in [3.05, 3.63) is 53.6 Å². The van der Waals surface area contributed by atoms with Gasteiger partial charge in [0.05, 0.1) is 20.8 Å². The molecule has 0 radical (unpaired) electrons. The number of halogens is 3. The summed E-state index contributed by atoms with van der Waals surface area (Å²) in [5, 5.41) is 6.60. The Bertz CT molecular complexity index is 878. The Hall–Kier alpha value is -2.30. The van der Waals surface area contributed by atoms with Crippen molar-refractivity contribution in [2.75, 3.05) is 38.8 Å². The van der Waals surface area contributed by atoms with Crippen LogP contribution in [0.1, 0.15) is 18.9 Å². The minimum Gasteiger partial charge on any atom is -0.493 e. The highest BCUT2D eigenvalue weighted by molar-refractivity contribution is 14.0. The topological polar surface area (TPSA) is 58.1 Å². The molecular weight excluding hydrogens is 517 g/mol. The second-order valence-corrected chi connectivity index (χ2v) is 7.03. The zero-order valence-electron chi connectivity index (χ0n) is 18.0. The molecule has 2 N–H and O–H groups in total. The first-order valence-corrected chi connectivity index (χ1v) is 10.0. The van der Waals surface area contributed by atoms with Gasteiger partial charge in [-0.25, -0.2) is 13.8 Å². The number of aliphatic imine (C=N–C) groups is 1. The minimum atomic E-state index is -0.537. The molecule has 170 valence electrons. The summed E-state index contributed by atoms with van der Waals surface area (Å²) < 4.78 is 38.8. The number of hydrogen-bond acceptors (Lipinski definition) is 4. The highest BCUT2D eigenvalue weighted by Gasteiger charge is 2.27. The van der Waals surface area contributed by atoms with Crippen LogP contribution in [0, 0.1) is 11.6 Å². The number of rotatable bonds is 7. The fourth-order valence-corrected chi connectivity index (χ4v) is 3.54. The van der Waals surface area contributed by atoms with Gasteiger partial charge in [-0.2, -0.15) is 0 Å². The maximum atomic E-state index is 14.1. The van der Waals surface area contributed by atoms with Crippen LogP contribution in [0.3, 0.4) is 0 Å². The highest BCUT2D eigenvalue weighted by Crippen LogP contribution is 2.28. The maximum absolute atomic E-state index is 14.1. The van der Waals surface area contributed by atoms with E-state index >= 15 is 0 Å². The first kappa shape index (κ1) is 25.0. The zero-order valence-corrected chi connectivity index (χ0v) is 20.3. The number of nitrogens with one attached hydrogen (secondary N) is 2. The molecular formula is C22H29F2IN4O2. The standard InChI is InChI=1S/C22H28F2N4O2.HI/c1-4-25-22(26-13-15-8-9-19(29-2)20(12-15)30-3)27-16-10-11-28(14-16)21-17(23)6-5-7-18(21)24;/h5-9,12,16H,4,10-11,13-14H2,1-3H3,(H2,25,26,27);1H. The van der Waals surface area contributed by atoms with Crippen LogP contribution in [0.25, 0.3) is 0 Å². The fourth-order valence-electron chi connectivity index (χ4n) is 3.54. The van der Waals surface area contributed by atoms with Crippen molar-refractivity contribution in [2.45, 2.75) is 25.9 Å². The summed E-state index contributed by atoms with van der Waals surface area (Å²) >= 11 is 0. The summed E-state index contributed by atoms with van der Waals surface area (Å²) in [6.07, 6.45) is 0.758. The van der Waals surface area contributed by atoms with E-state index in [1.807, 2.05) is 25.1 Å². The molecule has 0 saturated carbocycles. The average molecular weight is 546 g/mol. The van der Waals surface area contributed by atoms with Gasteiger partial charge in [0.25, 0.3) is 0 Å². The SMILES string of the molecule is CCNC(=NCc1ccc(OC)c(OC)c1)NC1CCN(c2c(F)cccc2F)C1.I. The van der Waals surface area contributed by atoms with Crippen molar-refractivity contribution in [3.8, 4) is 11.5 Å². The first-order valence-electron chi connectivity index (χ1n) is 10.0. The molecule has 3 rings (SSSR count). The summed E-state index contributed by atoms with van der Waals surface area (Å²) in [6.45, 7) is 4.22. The maximum Gasteiger partial charge on any atom is 0.191 e. The van der Waals surface area contributed by atoms with Gasteiger partial charge in [-0.1, -0.05) is 12.1 Å². The van der Waals surface area contributed by atoms with Crippen LogP contribution < -0.4 is 25.0 Å². The van der Waals surface area contributed by atoms with Crippen molar-refractivity contribution in [1.82, 2.24) is 10.6 Å². The van der Waals surface area contributed by atoms with Crippen LogP contribution in [0.4, 0.5) is 14.5 Å². The molecule has 31 heavy (non-hydrogen) atoms. The molecule has 1 aliphatic rings. The molecule has 2 aromatic carbocycles. The second kappa shape index (κ2) is 11.9. The minimum absolute atomic E-state index is 0. The third-order valence-electron chi connectivity index (χ3n) is 4.99. The Balaban J connectivity index is 0.00000341. The molecule has 0 amide bonds. The van der Waals surface area contributed by atoms with Crippen LogP contribution in [-0.2, 0) is 6.54 Å². The van der Waals surface area contributed by atoms with Gasteiger partial charge >= 0.3 is 0 Å². The monoisotopic (exact) mass is 546 g/mol. The first-order chi connectivity index (χ1) is 14.5. The van der Waals surface area contributed by atoms with E-state index in [1.165, 1.54) is 18.2 Å². The zero-order chi connectivity index (χ0) is 21.5. The summed E-state index contributed by atoms with van der Waals surface area (Å²) in [7, 11) is 3.20. The molecule has 0 aromatic heterocycles. The molecule has 1 saturated heterocycles. The molecule has 1 heterocycles. The number of ether oxygens (including phenoxy) is 2. The van der Waals surface area contributed by atoms with Gasteiger partial charge in [-0.15, -0.1) is 24.0 Å². The van der Waals surface area contributed by atoms with Crippen LogP contribution >= 0.6 is 24.0 Å². The van der Waals surface area contributed by atoms with Crippen LogP contribution in [0.5, 0.6) is 11.5 Å². The fraction of sp³-hybridized carbons (Fsp3) is 0.409. The quantitative estimate of drug-likeness (QED) is 0.313. The van der Waals surface area contributed by atoms with E-state index < -0.39 is 11.6 Å². The van der Waals surface area contributed by atoms with Crippen LogP contribution in [0.15, 0.2) is 41.4 Å². The number of benzene rings is 2. The van der Waals surface area contributed by atoms with Gasteiger partial charge in [0.15, 0.2) is 17.5 Å². The number of anilines is 1. The predicted octanol–water partition coefficient (Wildman–Crippen LogP) is 3.93. The lowest BCUT2D eigenvalue weighted by atomic mass is 10.2. The van der Waals surface area contributed by atoms with Crippen LogP contribution in [0.2, 0.25) is 0 Å². The average Bonchev–Trinajstić information content (AvgIpc) is 3.19. The van der Waals surface area contributed by atoms with E-state index in [1.54, 1.807) is 19.1 Å². The predicted molar refractivity (Wildman–Crippen MR) is 130 cm³/mol. The van der Waals surface area contributed by atoms with E-state index in [9.17, 15) is 8.78 Å². The lowest BCUT2D eigenvalue weighted by Crippen LogP contribution is -2.44. The number of nitrogens with zero attached hydrogens (tertiary/aromatic N) is 2. The number of hydrogen-bond donors (Lipinski definition) is 2. The summed E-state index contributed by atoms with van der Waals surface area (Å²) in [5.41, 5.74) is 1.01. The number of methoxy groups -OCH3 is 2. The molecule has 1 unspecified atom stereocenters. The van der Waals surface area contributed by atoms with Gasteiger partial charge < -0.3 is 25.0 Å². The van der Waals surface area contributed by atoms with E-state index in [2.05, 4.69) is 15.6 Å². The van der Waals surface area contributed by atoms with E-state index in [-0.39, 0.29) is 35.7 Å². The molecule has 6 nitrogen and oxygen atoms in total. The van der Waals surface area contributed by atoms with Gasteiger partial charge in [0.1, 0.15) is 17.3 Å². The van der Waals surface area contributed by atoms with Gasteiger partial charge in [0, 0.05) is 25.7 Å². The number of guanidine groups is 1.